The van der Waals surface area contributed by atoms with Gasteiger partial charge in [-0.15, -0.1) is 0 Å². The fraction of sp³-hybridized carbons (Fsp3) is 0.882. The van der Waals surface area contributed by atoms with Crippen molar-refractivity contribution >= 4 is 0 Å². The van der Waals surface area contributed by atoms with Crippen LogP contribution in [0.1, 0.15) is 32.6 Å². The van der Waals surface area contributed by atoms with Gasteiger partial charge < -0.3 is 14.9 Å². The van der Waals surface area contributed by atoms with Crippen molar-refractivity contribution in [1.82, 2.24) is 24.6 Å². The summed E-state index contributed by atoms with van der Waals surface area (Å²) in [6, 6.07) is 0. The van der Waals surface area contributed by atoms with Gasteiger partial charge in [0.1, 0.15) is 12.7 Å². The fourth-order valence-electron chi connectivity index (χ4n) is 3.96. The first-order valence-corrected chi connectivity index (χ1v) is 9.14. The lowest BCUT2D eigenvalue weighted by Gasteiger charge is -2.36. The molecule has 1 aromatic heterocycles. The number of likely N-dealkylation sites (tertiary alicyclic amines) is 2. The zero-order valence-corrected chi connectivity index (χ0v) is 14.3. The smallest absolute Gasteiger partial charge is 0.137 e. The van der Waals surface area contributed by atoms with E-state index in [1.165, 1.54) is 25.7 Å². The number of hydrogen-bond donors (Lipinski definition) is 1. The van der Waals surface area contributed by atoms with Gasteiger partial charge in [-0.3, -0.25) is 4.68 Å². The maximum Gasteiger partial charge on any atom is 0.137 e. The van der Waals surface area contributed by atoms with E-state index < -0.39 is 0 Å². The second-order valence-electron chi connectivity index (χ2n) is 7.52. The molecule has 2 unspecified atom stereocenters. The van der Waals surface area contributed by atoms with Gasteiger partial charge >= 0.3 is 0 Å². The Morgan fingerprint density at radius 3 is 2.65 bits per heavy atom. The number of aliphatic hydroxyl groups excluding tert-OH is 1. The molecule has 130 valence electrons. The normalized spacial score (nSPS) is 26.4. The van der Waals surface area contributed by atoms with Crippen molar-refractivity contribution in [2.75, 3.05) is 39.3 Å². The van der Waals surface area contributed by atoms with E-state index in [9.17, 15) is 5.11 Å². The summed E-state index contributed by atoms with van der Waals surface area (Å²) in [7, 11) is 0. The van der Waals surface area contributed by atoms with Crippen LogP contribution in [0.2, 0.25) is 0 Å². The van der Waals surface area contributed by atoms with Crippen LogP contribution in [-0.4, -0.2) is 75.0 Å². The van der Waals surface area contributed by atoms with E-state index in [1.54, 1.807) is 12.7 Å². The zero-order chi connectivity index (χ0) is 16.1. The maximum absolute atomic E-state index is 10.5. The molecular weight excluding hydrogens is 290 g/mol. The number of rotatable bonds is 6. The number of aromatic nitrogens is 3. The molecule has 0 spiro atoms. The van der Waals surface area contributed by atoms with Crippen LogP contribution in [-0.2, 0) is 6.54 Å². The fourth-order valence-corrected chi connectivity index (χ4v) is 3.96. The predicted molar refractivity (Wildman–Crippen MR) is 90.0 cm³/mol. The molecule has 0 bridgehead atoms. The summed E-state index contributed by atoms with van der Waals surface area (Å²) in [4.78, 5) is 8.88. The Labute approximate surface area is 139 Å². The summed E-state index contributed by atoms with van der Waals surface area (Å²) in [5.41, 5.74) is 0. The number of piperidine rings is 2. The third-order valence-corrected chi connectivity index (χ3v) is 5.33. The average molecular weight is 321 g/mol. The number of aliphatic hydroxyl groups is 1. The van der Waals surface area contributed by atoms with Crippen LogP contribution >= 0.6 is 0 Å². The highest BCUT2D eigenvalue weighted by molar-refractivity contribution is 4.78. The molecule has 23 heavy (non-hydrogen) atoms. The Bertz CT molecular complexity index is 444. The molecule has 0 saturated carbocycles. The molecule has 0 amide bonds. The zero-order valence-electron chi connectivity index (χ0n) is 14.3. The average Bonchev–Trinajstić information content (AvgIpc) is 3.03. The van der Waals surface area contributed by atoms with Crippen LogP contribution in [0.25, 0.3) is 0 Å². The van der Waals surface area contributed by atoms with Gasteiger partial charge in [0.2, 0.25) is 0 Å². The topological polar surface area (TPSA) is 57.4 Å². The number of β-amino-alcohol motifs (C(OH)–C–C–N with tert-alkyl or cyclic N) is 1. The quantitative estimate of drug-likeness (QED) is 0.850. The first-order chi connectivity index (χ1) is 11.2. The van der Waals surface area contributed by atoms with Crippen LogP contribution in [0.4, 0.5) is 0 Å². The van der Waals surface area contributed by atoms with Crippen molar-refractivity contribution in [3.8, 4) is 0 Å². The second kappa shape index (κ2) is 8.22. The highest BCUT2D eigenvalue weighted by Crippen LogP contribution is 2.19. The molecule has 2 saturated heterocycles. The maximum atomic E-state index is 10.5. The molecule has 1 aromatic rings. The van der Waals surface area contributed by atoms with Crippen molar-refractivity contribution in [1.29, 1.82) is 0 Å². The second-order valence-corrected chi connectivity index (χ2v) is 7.52. The molecule has 3 rings (SSSR count). The van der Waals surface area contributed by atoms with Crippen molar-refractivity contribution < 1.29 is 5.11 Å². The predicted octanol–water partition coefficient (Wildman–Crippen LogP) is 1.08. The summed E-state index contributed by atoms with van der Waals surface area (Å²) < 4.78 is 1.93. The monoisotopic (exact) mass is 321 g/mol. The Kier molecular flexibility index (Phi) is 6.02. The van der Waals surface area contributed by atoms with Gasteiger partial charge in [-0.2, -0.15) is 5.10 Å². The molecule has 0 radical (unpaired) electrons. The highest BCUT2D eigenvalue weighted by atomic mass is 16.3. The van der Waals surface area contributed by atoms with E-state index in [1.807, 2.05) is 4.68 Å². The highest BCUT2D eigenvalue weighted by Gasteiger charge is 2.24. The summed E-state index contributed by atoms with van der Waals surface area (Å²) in [6.07, 6.45) is 8.18. The van der Waals surface area contributed by atoms with Crippen molar-refractivity contribution in [2.45, 2.75) is 45.3 Å². The Morgan fingerprint density at radius 1 is 1.13 bits per heavy atom. The van der Waals surface area contributed by atoms with Gasteiger partial charge in [-0.05, 0) is 57.2 Å². The van der Waals surface area contributed by atoms with E-state index in [-0.39, 0.29) is 6.10 Å². The van der Waals surface area contributed by atoms with Crippen LogP contribution < -0.4 is 0 Å². The number of hydrogen-bond acceptors (Lipinski definition) is 5. The largest absolute Gasteiger partial charge is 0.390 e. The van der Waals surface area contributed by atoms with Crippen molar-refractivity contribution in [3.63, 3.8) is 0 Å². The molecule has 1 N–H and O–H groups in total. The minimum atomic E-state index is -0.228. The molecule has 2 aliphatic heterocycles. The molecule has 6 nitrogen and oxygen atoms in total. The summed E-state index contributed by atoms with van der Waals surface area (Å²) in [5.74, 6) is 1.47. The lowest BCUT2D eigenvalue weighted by molar-refractivity contribution is 0.0456. The van der Waals surface area contributed by atoms with Gasteiger partial charge in [0, 0.05) is 26.2 Å². The van der Waals surface area contributed by atoms with Gasteiger partial charge in [0.25, 0.3) is 0 Å². The molecule has 2 atom stereocenters. The third kappa shape index (κ3) is 5.26. The van der Waals surface area contributed by atoms with Crippen LogP contribution in [0, 0.1) is 11.8 Å². The Morgan fingerprint density at radius 2 is 1.91 bits per heavy atom. The molecule has 0 aliphatic carbocycles. The van der Waals surface area contributed by atoms with Crippen LogP contribution in [0.15, 0.2) is 12.7 Å². The van der Waals surface area contributed by atoms with Crippen LogP contribution in [0.5, 0.6) is 0 Å². The minimum absolute atomic E-state index is 0.228. The van der Waals surface area contributed by atoms with Gasteiger partial charge in [-0.25, -0.2) is 4.98 Å². The molecule has 2 aliphatic rings. The Balaban J connectivity index is 1.40. The van der Waals surface area contributed by atoms with E-state index in [0.717, 1.165) is 51.7 Å². The molecular formula is C17H31N5O. The van der Waals surface area contributed by atoms with Crippen molar-refractivity contribution in [2.24, 2.45) is 11.8 Å². The standard InChI is InChI=1S/C17H31N5O/c1-15-4-7-20(8-5-15)11-17(23)12-21-6-2-3-16(9-21)10-22-14-18-13-19-22/h13-17,23H,2-12H2,1H3. The summed E-state index contributed by atoms with van der Waals surface area (Å²) >= 11 is 0. The van der Waals surface area contributed by atoms with E-state index >= 15 is 0 Å². The lowest BCUT2D eigenvalue weighted by Crippen LogP contribution is -2.46. The SMILES string of the molecule is CC1CCN(CC(O)CN2CCCC(Cn3cncn3)C2)CC1. The van der Waals surface area contributed by atoms with Crippen molar-refractivity contribution in [3.05, 3.63) is 12.7 Å². The molecule has 3 heterocycles. The summed E-state index contributed by atoms with van der Waals surface area (Å²) in [5, 5.41) is 14.7. The summed E-state index contributed by atoms with van der Waals surface area (Å²) in [6.45, 7) is 9.38. The van der Waals surface area contributed by atoms with Gasteiger partial charge in [-0.1, -0.05) is 6.92 Å². The minimum Gasteiger partial charge on any atom is -0.390 e. The number of nitrogens with zero attached hydrogens (tertiary/aromatic N) is 5. The van der Waals surface area contributed by atoms with Crippen LogP contribution in [0.3, 0.4) is 0 Å². The van der Waals surface area contributed by atoms with Gasteiger partial charge in [0.15, 0.2) is 0 Å². The van der Waals surface area contributed by atoms with E-state index in [0.29, 0.717) is 5.92 Å². The van der Waals surface area contributed by atoms with E-state index in [4.69, 9.17) is 0 Å². The Hall–Kier alpha value is -0.980. The third-order valence-electron chi connectivity index (χ3n) is 5.33. The lowest BCUT2D eigenvalue weighted by atomic mass is 9.97. The first-order valence-electron chi connectivity index (χ1n) is 9.14. The van der Waals surface area contributed by atoms with E-state index in [2.05, 4.69) is 26.8 Å². The first kappa shape index (κ1) is 16.9. The molecule has 6 heteroatoms. The molecule has 0 aromatic carbocycles. The molecule has 2 fully saturated rings. The van der Waals surface area contributed by atoms with Gasteiger partial charge in [0.05, 0.1) is 6.10 Å².